The molecule has 30 heavy (non-hydrogen) atoms. The molecule has 0 saturated carbocycles. The van der Waals surface area contributed by atoms with Gasteiger partial charge in [-0.2, -0.15) is 0 Å². The van der Waals surface area contributed by atoms with Gasteiger partial charge in [-0.05, 0) is 55.5 Å². The molecule has 1 N–H and O–H groups in total. The van der Waals surface area contributed by atoms with E-state index in [-0.39, 0.29) is 5.91 Å². The first-order chi connectivity index (χ1) is 14.6. The number of fused-ring (bicyclic) bond motifs is 1. The van der Waals surface area contributed by atoms with Crippen LogP contribution in [0.3, 0.4) is 0 Å². The summed E-state index contributed by atoms with van der Waals surface area (Å²) in [6.07, 6.45) is 3.86. The number of amides is 1. The van der Waals surface area contributed by atoms with Crippen LogP contribution >= 0.6 is 11.6 Å². The van der Waals surface area contributed by atoms with Crippen molar-refractivity contribution in [3.8, 4) is 0 Å². The van der Waals surface area contributed by atoms with Crippen LogP contribution in [0.15, 0.2) is 48.5 Å². The predicted octanol–water partition coefficient (Wildman–Crippen LogP) is 4.54. The fraction of sp³-hybridized carbons (Fsp3) is 0.417. The van der Waals surface area contributed by atoms with Gasteiger partial charge in [0.15, 0.2) is 0 Å². The molecule has 0 bridgehead atoms. The van der Waals surface area contributed by atoms with Crippen LogP contribution in [-0.2, 0) is 24.9 Å². The van der Waals surface area contributed by atoms with Crippen LogP contribution in [0.2, 0.25) is 5.02 Å². The minimum Gasteiger partial charge on any atom is -0.352 e. The van der Waals surface area contributed by atoms with E-state index in [4.69, 9.17) is 16.6 Å². The number of nitrogens with one attached hydrogen (secondary N) is 1. The maximum absolute atomic E-state index is 12.3. The van der Waals surface area contributed by atoms with E-state index in [0.29, 0.717) is 23.9 Å². The summed E-state index contributed by atoms with van der Waals surface area (Å²) in [5, 5.41) is 3.70. The number of aromatic nitrogens is 2. The van der Waals surface area contributed by atoms with Crippen molar-refractivity contribution in [3.63, 3.8) is 0 Å². The number of imidazole rings is 1. The highest BCUT2D eigenvalue weighted by atomic mass is 35.5. The third-order valence-electron chi connectivity index (χ3n) is 6.06. The number of carbonyl (C=O) groups is 1. The Morgan fingerprint density at radius 1 is 1.20 bits per heavy atom. The Hall–Kier alpha value is -2.37. The van der Waals surface area contributed by atoms with Crippen molar-refractivity contribution in [1.29, 1.82) is 0 Å². The smallest absolute Gasteiger partial charge is 0.220 e. The van der Waals surface area contributed by atoms with E-state index in [0.717, 1.165) is 43.0 Å². The standard InChI is InChI=1S/C24H29ClN4O/c1-28-22-11-5-4-10-21(22)27-23(28)17-29-14-6-7-18(16-29)12-13-24(30)26-15-19-8-2-3-9-20(19)25/h2-5,8-11,18H,6-7,12-17H2,1H3,(H,26,30). The van der Waals surface area contributed by atoms with Gasteiger partial charge in [0.1, 0.15) is 5.82 Å². The van der Waals surface area contributed by atoms with E-state index in [1.807, 2.05) is 30.3 Å². The second-order valence-electron chi connectivity index (χ2n) is 8.23. The van der Waals surface area contributed by atoms with E-state index in [1.165, 1.54) is 18.4 Å². The molecule has 2 heterocycles. The van der Waals surface area contributed by atoms with E-state index < -0.39 is 0 Å². The van der Waals surface area contributed by atoms with Gasteiger partial charge >= 0.3 is 0 Å². The molecule has 1 saturated heterocycles. The second-order valence-corrected chi connectivity index (χ2v) is 8.63. The predicted molar refractivity (Wildman–Crippen MR) is 121 cm³/mol. The Morgan fingerprint density at radius 2 is 2.00 bits per heavy atom. The third-order valence-corrected chi connectivity index (χ3v) is 6.43. The van der Waals surface area contributed by atoms with Gasteiger partial charge in [0.05, 0.1) is 17.6 Å². The summed E-state index contributed by atoms with van der Waals surface area (Å²) in [7, 11) is 2.09. The van der Waals surface area contributed by atoms with Gasteiger partial charge < -0.3 is 9.88 Å². The van der Waals surface area contributed by atoms with Crippen LogP contribution in [0.4, 0.5) is 0 Å². The summed E-state index contributed by atoms with van der Waals surface area (Å²) in [4.78, 5) is 19.6. The Kier molecular flexibility index (Phi) is 6.70. The van der Waals surface area contributed by atoms with Gasteiger partial charge in [-0.25, -0.2) is 4.98 Å². The number of likely N-dealkylation sites (tertiary alicyclic amines) is 1. The molecule has 1 aliphatic rings. The van der Waals surface area contributed by atoms with E-state index in [1.54, 1.807) is 0 Å². The minimum atomic E-state index is 0.0994. The molecule has 6 heteroatoms. The number of rotatable bonds is 7. The lowest BCUT2D eigenvalue weighted by Crippen LogP contribution is -2.36. The number of halogens is 1. The van der Waals surface area contributed by atoms with Crippen LogP contribution in [0, 0.1) is 5.92 Å². The van der Waals surface area contributed by atoms with Crippen LogP contribution in [-0.4, -0.2) is 33.4 Å². The average molecular weight is 425 g/mol. The molecule has 0 aliphatic carbocycles. The second kappa shape index (κ2) is 9.63. The summed E-state index contributed by atoms with van der Waals surface area (Å²) < 4.78 is 2.20. The zero-order valence-corrected chi connectivity index (χ0v) is 18.2. The highest BCUT2D eigenvalue weighted by molar-refractivity contribution is 6.31. The molecule has 0 radical (unpaired) electrons. The molecule has 1 atom stereocenters. The van der Waals surface area contributed by atoms with Gasteiger partial charge in [0, 0.05) is 31.6 Å². The number of piperidine rings is 1. The highest BCUT2D eigenvalue weighted by Gasteiger charge is 2.22. The number of carbonyl (C=O) groups excluding carboxylic acids is 1. The van der Waals surface area contributed by atoms with Crippen molar-refractivity contribution in [3.05, 3.63) is 64.9 Å². The van der Waals surface area contributed by atoms with E-state index >= 15 is 0 Å². The van der Waals surface area contributed by atoms with E-state index in [2.05, 4.69) is 40.0 Å². The summed E-state index contributed by atoms with van der Waals surface area (Å²) in [5.74, 6) is 1.76. The molecule has 1 unspecified atom stereocenters. The van der Waals surface area contributed by atoms with Gasteiger partial charge in [0.2, 0.25) is 5.91 Å². The first kappa shape index (κ1) is 20.9. The SMILES string of the molecule is Cn1c(CN2CCCC(CCC(=O)NCc3ccccc3Cl)C2)nc2ccccc21. The molecule has 3 aromatic rings. The lowest BCUT2D eigenvalue weighted by Gasteiger charge is -2.32. The van der Waals surface area contributed by atoms with Crippen LogP contribution < -0.4 is 5.32 Å². The van der Waals surface area contributed by atoms with Gasteiger partial charge in [-0.15, -0.1) is 0 Å². The first-order valence-corrected chi connectivity index (χ1v) is 11.1. The fourth-order valence-electron chi connectivity index (χ4n) is 4.33. The number of nitrogens with zero attached hydrogens (tertiary/aromatic N) is 3. The zero-order valence-electron chi connectivity index (χ0n) is 17.5. The minimum absolute atomic E-state index is 0.0994. The number of hydrogen-bond donors (Lipinski definition) is 1. The molecule has 1 aliphatic heterocycles. The van der Waals surface area contributed by atoms with Crippen molar-refractivity contribution in [2.75, 3.05) is 13.1 Å². The quantitative estimate of drug-likeness (QED) is 0.606. The number of benzene rings is 2. The Labute approximate surface area is 183 Å². The van der Waals surface area contributed by atoms with Gasteiger partial charge in [-0.3, -0.25) is 9.69 Å². The number of para-hydroxylation sites is 2. The van der Waals surface area contributed by atoms with Crippen molar-refractivity contribution in [2.24, 2.45) is 13.0 Å². The van der Waals surface area contributed by atoms with Gasteiger partial charge in [0.25, 0.3) is 0 Å². The lowest BCUT2D eigenvalue weighted by atomic mass is 9.93. The molecule has 0 spiro atoms. The molecule has 5 nitrogen and oxygen atoms in total. The molecule has 1 fully saturated rings. The third kappa shape index (κ3) is 5.02. The van der Waals surface area contributed by atoms with Crippen molar-refractivity contribution < 1.29 is 4.79 Å². The first-order valence-electron chi connectivity index (χ1n) is 10.7. The monoisotopic (exact) mass is 424 g/mol. The Bertz CT molecular complexity index is 1020. The van der Waals surface area contributed by atoms with Crippen LogP contribution in [0.25, 0.3) is 11.0 Å². The summed E-state index contributed by atoms with van der Waals surface area (Å²) in [5.41, 5.74) is 3.19. The van der Waals surface area contributed by atoms with Crippen LogP contribution in [0.5, 0.6) is 0 Å². The largest absolute Gasteiger partial charge is 0.352 e. The lowest BCUT2D eigenvalue weighted by molar-refractivity contribution is -0.121. The number of aryl methyl sites for hydroxylation is 1. The van der Waals surface area contributed by atoms with Crippen molar-refractivity contribution in [1.82, 2.24) is 19.8 Å². The van der Waals surface area contributed by atoms with Gasteiger partial charge in [-0.1, -0.05) is 41.9 Å². The fourth-order valence-corrected chi connectivity index (χ4v) is 4.53. The molecule has 1 aromatic heterocycles. The highest BCUT2D eigenvalue weighted by Crippen LogP contribution is 2.23. The number of hydrogen-bond acceptors (Lipinski definition) is 3. The molecule has 1 amide bonds. The molecule has 158 valence electrons. The molecular weight excluding hydrogens is 396 g/mol. The Morgan fingerprint density at radius 3 is 2.83 bits per heavy atom. The summed E-state index contributed by atoms with van der Waals surface area (Å²) in [6.45, 7) is 3.47. The van der Waals surface area contributed by atoms with Crippen molar-refractivity contribution >= 4 is 28.5 Å². The maximum atomic E-state index is 12.3. The topological polar surface area (TPSA) is 50.2 Å². The zero-order chi connectivity index (χ0) is 20.9. The molecule has 2 aromatic carbocycles. The summed E-state index contributed by atoms with van der Waals surface area (Å²) in [6, 6.07) is 15.9. The molecular formula is C24H29ClN4O. The van der Waals surface area contributed by atoms with E-state index in [9.17, 15) is 4.79 Å². The normalized spacial score (nSPS) is 17.3. The van der Waals surface area contributed by atoms with Crippen LogP contribution in [0.1, 0.15) is 37.1 Å². The molecule has 4 rings (SSSR count). The average Bonchev–Trinajstić information content (AvgIpc) is 3.07. The Balaban J connectivity index is 1.26. The van der Waals surface area contributed by atoms with Crippen molar-refractivity contribution in [2.45, 2.75) is 38.8 Å². The summed E-state index contributed by atoms with van der Waals surface area (Å²) >= 11 is 6.16. The maximum Gasteiger partial charge on any atom is 0.220 e.